The number of aliphatic hydroxyl groups excluding tert-OH is 1. The average Bonchev–Trinajstić information content (AvgIpc) is 3.17. The molecular weight excluding hydrogens is 304 g/mol. The fourth-order valence-corrected chi connectivity index (χ4v) is 3.57. The van der Waals surface area contributed by atoms with Gasteiger partial charge in [-0.05, 0) is 42.3 Å². The molecule has 0 aliphatic carbocycles. The minimum absolute atomic E-state index is 0.574. The lowest BCUT2D eigenvalue weighted by Gasteiger charge is -2.07. The molecule has 2 aromatic heterocycles. The average molecular weight is 319 g/mol. The molecule has 3 rings (SSSR count). The van der Waals surface area contributed by atoms with Crippen LogP contribution in [0.2, 0.25) is 5.02 Å². The van der Waals surface area contributed by atoms with Crippen molar-refractivity contribution in [3.05, 3.63) is 70.0 Å². The number of aliphatic hydroxyl groups is 1. The van der Waals surface area contributed by atoms with Gasteiger partial charge in [0.05, 0.1) is 6.26 Å². The molecule has 0 fully saturated rings. The summed E-state index contributed by atoms with van der Waals surface area (Å²) in [6.45, 7) is 2.09. The van der Waals surface area contributed by atoms with Crippen molar-refractivity contribution >= 4 is 22.9 Å². The SMILES string of the molecule is CCc1sc(-c2ccc(Cl)cc2)cc1C(O)c1ccco1. The molecule has 0 saturated carbocycles. The number of rotatable bonds is 4. The van der Waals surface area contributed by atoms with Gasteiger partial charge in [-0.3, -0.25) is 0 Å². The summed E-state index contributed by atoms with van der Waals surface area (Å²) in [6, 6.07) is 13.4. The Labute approximate surface area is 132 Å². The van der Waals surface area contributed by atoms with Gasteiger partial charge in [-0.25, -0.2) is 0 Å². The summed E-state index contributed by atoms with van der Waals surface area (Å²) < 4.78 is 5.32. The van der Waals surface area contributed by atoms with E-state index in [-0.39, 0.29) is 0 Å². The minimum Gasteiger partial charge on any atom is -0.466 e. The summed E-state index contributed by atoms with van der Waals surface area (Å²) >= 11 is 7.63. The van der Waals surface area contributed by atoms with Crippen LogP contribution in [0.5, 0.6) is 0 Å². The van der Waals surface area contributed by atoms with Crippen LogP contribution >= 0.6 is 22.9 Å². The zero-order chi connectivity index (χ0) is 14.8. The lowest BCUT2D eigenvalue weighted by molar-refractivity contribution is 0.189. The van der Waals surface area contributed by atoms with Gasteiger partial charge in [-0.15, -0.1) is 11.3 Å². The normalized spacial score (nSPS) is 12.5. The van der Waals surface area contributed by atoms with E-state index in [1.807, 2.05) is 30.3 Å². The highest BCUT2D eigenvalue weighted by atomic mass is 35.5. The quantitative estimate of drug-likeness (QED) is 0.707. The predicted molar refractivity (Wildman–Crippen MR) is 86.9 cm³/mol. The summed E-state index contributed by atoms with van der Waals surface area (Å²) in [4.78, 5) is 2.30. The summed E-state index contributed by atoms with van der Waals surface area (Å²) in [6.07, 6.45) is 1.74. The molecule has 21 heavy (non-hydrogen) atoms. The number of hydrogen-bond donors (Lipinski definition) is 1. The topological polar surface area (TPSA) is 33.4 Å². The molecule has 1 aromatic carbocycles. The highest BCUT2D eigenvalue weighted by Gasteiger charge is 2.20. The second-order valence-corrected chi connectivity index (χ2v) is 6.34. The van der Waals surface area contributed by atoms with Crippen LogP contribution < -0.4 is 0 Å². The van der Waals surface area contributed by atoms with Crippen molar-refractivity contribution in [3.63, 3.8) is 0 Å². The van der Waals surface area contributed by atoms with E-state index in [0.29, 0.717) is 5.76 Å². The molecule has 1 N–H and O–H groups in total. The van der Waals surface area contributed by atoms with E-state index >= 15 is 0 Å². The molecule has 0 spiro atoms. The van der Waals surface area contributed by atoms with Gasteiger partial charge >= 0.3 is 0 Å². The maximum absolute atomic E-state index is 10.5. The van der Waals surface area contributed by atoms with Crippen molar-refractivity contribution in [2.24, 2.45) is 0 Å². The van der Waals surface area contributed by atoms with Gasteiger partial charge in [-0.1, -0.05) is 30.7 Å². The smallest absolute Gasteiger partial charge is 0.138 e. The van der Waals surface area contributed by atoms with E-state index in [4.69, 9.17) is 16.0 Å². The lowest BCUT2D eigenvalue weighted by atomic mass is 10.1. The molecule has 0 aliphatic rings. The van der Waals surface area contributed by atoms with Gasteiger partial charge in [-0.2, -0.15) is 0 Å². The van der Waals surface area contributed by atoms with Crippen LogP contribution in [0.1, 0.15) is 29.2 Å². The third-order valence-corrected chi connectivity index (χ3v) is 5.00. The molecule has 3 aromatic rings. The van der Waals surface area contributed by atoms with Crippen molar-refractivity contribution in [1.82, 2.24) is 0 Å². The zero-order valence-corrected chi connectivity index (χ0v) is 13.1. The molecule has 108 valence electrons. The molecule has 2 heterocycles. The van der Waals surface area contributed by atoms with Crippen LogP contribution in [0.15, 0.2) is 53.1 Å². The molecule has 0 aliphatic heterocycles. The standard InChI is InChI=1S/C17H15ClO2S/c1-2-15-13(17(19)14-4-3-9-20-14)10-16(21-15)11-5-7-12(18)8-6-11/h3-10,17,19H,2H2,1H3. The largest absolute Gasteiger partial charge is 0.466 e. The summed E-state index contributed by atoms with van der Waals surface area (Å²) in [7, 11) is 0. The number of halogens is 1. The first-order chi connectivity index (χ1) is 10.2. The van der Waals surface area contributed by atoms with Gasteiger partial charge in [0.2, 0.25) is 0 Å². The first-order valence-corrected chi connectivity index (χ1v) is 7.98. The van der Waals surface area contributed by atoms with Gasteiger partial charge in [0.1, 0.15) is 11.9 Å². The second-order valence-electron chi connectivity index (χ2n) is 4.77. The number of benzene rings is 1. The molecule has 1 unspecified atom stereocenters. The Kier molecular flexibility index (Phi) is 4.15. The Morgan fingerprint density at radius 2 is 2.00 bits per heavy atom. The highest BCUT2D eigenvalue weighted by Crippen LogP contribution is 2.37. The van der Waals surface area contributed by atoms with Crippen LogP contribution in [0.3, 0.4) is 0 Å². The Bertz CT molecular complexity index is 714. The van der Waals surface area contributed by atoms with Crippen LogP contribution in [-0.4, -0.2) is 5.11 Å². The van der Waals surface area contributed by atoms with Crippen molar-refractivity contribution in [1.29, 1.82) is 0 Å². The highest BCUT2D eigenvalue weighted by molar-refractivity contribution is 7.15. The van der Waals surface area contributed by atoms with E-state index in [9.17, 15) is 5.11 Å². The van der Waals surface area contributed by atoms with E-state index in [1.165, 1.54) is 4.88 Å². The number of aryl methyl sites for hydroxylation is 1. The van der Waals surface area contributed by atoms with Crippen molar-refractivity contribution in [2.75, 3.05) is 0 Å². The van der Waals surface area contributed by atoms with E-state index in [0.717, 1.165) is 27.4 Å². The molecule has 2 nitrogen and oxygen atoms in total. The van der Waals surface area contributed by atoms with Crippen LogP contribution in [0.4, 0.5) is 0 Å². The Hall–Kier alpha value is -1.55. The van der Waals surface area contributed by atoms with Crippen molar-refractivity contribution in [3.8, 4) is 10.4 Å². The summed E-state index contributed by atoms with van der Waals surface area (Å²) in [5.41, 5.74) is 2.03. The van der Waals surface area contributed by atoms with Crippen LogP contribution in [-0.2, 0) is 6.42 Å². The van der Waals surface area contributed by atoms with Gasteiger partial charge < -0.3 is 9.52 Å². The first-order valence-electron chi connectivity index (χ1n) is 6.79. The van der Waals surface area contributed by atoms with Crippen molar-refractivity contribution in [2.45, 2.75) is 19.4 Å². The van der Waals surface area contributed by atoms with E-state index < -0.39 is 6.10 Å². The molecular formula is C17H15ClO2S. The summed E-state index contributed by atoms with van der Waals surface area (Å²) in [5, 5.41) is 11.2. The first kappa shape index (κ1) is 14.4. The molecule has 1 atom stereocenters. The summed E-state index contributed by atoms with van der Waals surface area (Å²) in [5.74, 6) is 0.574. The second kappa shape index (κ2) is 6.06. The Morgan fingerprint density at radius 3 is 2.62 bits per heavy atom. The Morgan fingerprint density at radius 1 is 1.24 bits per heavy atom. The third-order valence-electron chi connectivity index (χ3n) is 3.40. The fraction of sp³-hybridized carbons (Fsp3) is 0.176. The monoisotopic (exact) mass is 318 g/mol. The van der Waals surface area contributed by atoms with E-state index in [1.54, 1.807) is 29.7 Å². The predicted octanol–water partition coefficient (Wildman–Crippen LogP) is 5.31. The van der Waals surface area contributed by atoms with E-state index in [2.05, 4.69) is 6.92 Å². The minimum atomic E-state index is -0.716. The fourth-order valence-electron chi connectivity index (χ4n) is 2.31. The third kappa shape index (κ3) is 2.91. The Balaban J connectivity index is 2.00. The number of hydrogen-bond acceptors (Lipinski definition) is 3. The maximum atomic E-state index is 10.5. The molecule has 4 heteroatoms. The lowest BCUT2D eigenvalue weighted by Crippen LogP contribution is -1.98. The van der Waals surface area contributed by atoms with Crippen LogP contribution in [0, 0.1) is 0 Å². The molecule has 0 saturated heterocycles. The zero-order valence-electron chi connectivity index (χ0n) is 11.5. The molecule has 0 radical (unpaired) electrons. The maximum Gasteiger partial charge on any atom is 0.138 e. The van der Waals surface area contributed by atoms with Gasteiger partial charge in [0, 0.05) is 20.3 Å². The number of furan rings is 1. The van der Waals surface area contributed by atoms with Gasteiger partial charge in [0.25, 0.3) is 0 Å². The van der Waals surface area contributed by atoms with Crippen molar-refractivity contribution < 1.29 is 9.52 Å². The molecule has 0 bridgehead atoms. The van der Waals surface area contributed by atoms with Crippen LogP contribution in [0.25, 0.3) is 10.4 Å². The molecule has 0 amide bonds. The van der Waals surface area contributed by atoms with Gasteiger partial charge in [0.15, 0.2) is 0 Å². The number of thiophene rings is 1.